The standard InChI is InChI=1S/C22H19FN4O3S/c1-13-24-11-20(26-21(28)17-9-8-16(29-2)10-19(17)30-3)27(13)22-25-18(12-31-22)14-4-6-15(23)7-5-14/h4-12H,1-3H3,(H,26,28). The first-order chi connectivity index (χ1) is 15.0. The van der Waals surface area contributed by atoms with Gasteiger partial charge in [0.05, 0.1) is 31.7 Å². The molecule has 0 radical (unpaired) electrons. The number of hydrogen-bond acceptors (Lipinski definition) is 6. The lowest BCUT2D eigenvalue weighted by Gasteiger charge is -2.12. The summed E-state index contributed by atoms with van der Waals surface area (Å²) >= 11 is 1.40. The quantitative estimate of drug-likeness (QED) is 0.472. The van der Waals surface area contributed by atoms with Crippen molar-refractivity contribution in [1.29, 1.82) is 0 Å². The molecular weight excluding hydrogens is 419 g/mol. The molecule has 0 bridgehead atoms. The summed E-state index contributed by atoms with van der Waals surface area (Å²) in [6.45, 7) is 1.82. The van der Waals surface area contributed by atoms with Crippen molar-refractivity contribution in [2.75, 3.05) is 19.5 Å². The van der Waals surface area contributed by atoms with Crippen LogP contribution >= 0.6 is 11.3 Å². The summed E-state index contributed by atoms with van der Waals surface area (Å²) in [5.41, 5.74) is 1.87. The summed E-state index contributed by atoms with van der Waals surface area (Å²) in [5, 5.41) is 5.38. The molecule has 2 aromatic heterocycles. The molecule has 2 aromatic carbocycles. The molecule has 1 amide bonds. The van der Waals surface area contributed by atoms with Gasteiger partial charge in [-0.25, -0.2) is 14.4 Å². The van der Waals surface area contributed by atoms with E-state index in [0.29, 0.717) is 39.5 Å². The number of ether oxygens (including phenoxy) is 2. The van der Waals surface area contributed by atoms with Crippen LogP contribution in [-0.4, -0.2) is 34.7 Å². The van der Waals surface area contributed by atoms with Crippen molar-refractivity contribution in [2.24, 2.45) is 0 Å². The van der Waals surface area contributed by atoms with Gasteiger partial charge in [-0.3, -0.25) is 9.36 Å². The van der Waals surface area contributed by atoms with Crippen LogP contribution in [0.15, 0.2) is 54.0 Å². The summed E-state index contributed by atoms with van der Waals surface area (Å²) in [6.07, 6.45) is 1.57. The number of thiazole rings is 1. The highest BCUT2D eigenvalue weighted by Gasteiger charge is 2.18. The second kappa shape index (κ2) is 8.57. The van der Waals surface area contributed by atoms with Crippen LogP contribution in [0.4, 0.5) is 10.2 Å². The van der Waals surface area contributed by atoms with E-state index in [4.69, 9.17) is 9.47 Å². The van der Waals surface area contributed by atoms with Crippen molar-refractivity contribution in [2.45, 2.75) is 6.92 Å². The number of rotatable bonds is 6. The molecule has 0 unspecified atom stereocenters. The van der Waals surface area contributed by atoms with Crippen molar-refractivity contribution in [3.63, 3.8) is 0 Å². The van der Waals surface area contributed by atoms with Crippen LogP contribution in [0.25, 0.3) is 16.4 Å². The molecule has 4 aromatic rings. The number of anilines is 1. The lowest BCUT2D eigenvalue weighted by molar-refractivity contribution is 0.102. The van der Waals surface area contributed by atoms with Crippen molar-refractivity contribution >= 4 is 23.1 Å². The number of hydrogen-bond donors (Lipinski definition) is 1. The normalized spacial score (nSPS) is 10.7. The maximum absolute atomic E-state index is 13.2. The molecule has 0 saturated carbocycles. The zero-order valence-electron chi connectivity index (χ0n) is 17.0. The molecule has 158 valence electrons. The number of methoxy groups -OCH3 is 2. The molecule has 0 aliphatic heterocycles. The predicted octanol–water partition coefficient (Wildman–Crippen LogP) is 4.71. The van der Waals surface area contributed by atoms with Crippen LogP contribution in [0.2, 0.25) is 0 Å². The van der Waals surface area contributed by atoms with Gasteiger partial charge in [-0.15, -0.1) is 11.3 Å². The van der Waals surface area contributed by atoms with E-state index in [9.17, 15) is 9.18 Å². The van der Waals surface area contributed by atoms with Crippen LogP contribution in [0.5, 0.6) is 11.5 Å². The highest BCUT2D eigenvalue weighted by molar-refractivity contribution is 7.12. The van der Waals surface area contributed by atoms with E-state index in [-0.39, 0.29) is 11.7 Å². The Hall–Kier alpha value is -3.72. The van der Waals surface area contributed by atoms with Crippen molar-refractivity contribution in [1.82, 2.24) is 14.5 Å². The third-order valence-electron chi connectivity index (χ3n) is 4.66. The van der Waals surface area contributed by atoms with Gasteiger partial charge in [-0.2, -0.15) is 0 Å². The molecule has 0 atom stereocenters. The summed E-state index contributed by atoms with van der Waals surface area (Å²) in [7, 11) is 3.04. The topological polar surface area (TPSA) is 78.3 Å². The Balaban J connectivity index is 1.63. The second-order valence-corrected chi connectivity index (χ2v) is 7.41. The van der Waals surface area contributed by atoms with E-state index < -0.39 is 0 Å². The Morgan fingerprint density at radius 3 is 2.61 bits per heavy atom. The number of halogens is 1. The Morgan fingerprint density at radius 1 is 1.13 bits per heavy atom. The smallest absolute Gasteiger partial charge is 0.260 e. The Bertz CT molecular complexity index is 1230. The minimum atomic E-state index is -0.351. The number of aryl methyl sites for hydroxylation is 1. The Labute approximate surface area is 182 Å². The summed E-state index contributed by atoms with van der Waals surface area (Å²) in [6, 6.07) is 11.1. The van der Waals surface area contributed by atoms with Crippen molar-refractivity contribution in [3.8, 4) is 27.9 Å². The number of nitrogens with one attached hydrogen (secondary N) is 1. The maximum Gasteiger partial charge on any atom is 0.260 e. The molecule has 1 N–H and O–H groups in total. The number of imidazole rings is 1. The monoisotopic (exact) mass is 438 g/mol. The number of aromatic nitrogens is 3. The highest BCUT2D eigenvalue weighted by Crippen LogP contribution is 2.29. The first kappa shape index (κ1) is 20.5. The van der Waals surface area contributed by atoms with E-state index in [0.717, 1.165) is 5.56 Å². The molecule has 0 fully saturated rings. The molecule has 0 aliphatic carbocycles. The fraction of sp³-hybridized carbons (Fsp3) is 0.136. The maximum atomic E-state index is 13.2. The minimum absolute atomic E-state index is 0.302. The van der Waals surface area contributed by atoms with E-state index >= 15 is 0 Å². The summed E-state index contributed by atoms with van der Waals surface area (Å²) in [5.74, 6) is 1.47. The molecule has 4 rings (SSSR count). The third-order valence-corrected chi connectivity index (χ3v) is 5.48. The zero-order chi connectivity index (χ0) is 22.0. The Kier molecular flexibility index (Phi) is 5.68. The molecule has 0 spiro atoms. The SMILES string of the molecule is COc1ccc(C(=O)Nc2cnc(C)n2-c2nc(-c3ccc(F)cc3)cs2)c(OC)c1. The van der Waals surface area contributed by atoms with E-state index in [1.165, 1.54) is 30.6 Å². The van der Waals surface area contributed by atoms with Crippen LogP contribution in [0, 0.1) is 12.7 Å². The molecule has 31 heavy (non-hydrogen) atoms. The van der Waals surface area contributed by atoms with Crippen LogP contribution in [0.1, 0.15) is 16.2 Å². The van der Waals surface area contributed by atoms with Crippen molar-refractivity contribution < 1.29 is 18.7 Å². The van der Waals surface area contributed by atoms with Gasteiger partial charge in [-0.05, 0) is 43.3 Å². The van der Waals surface area contributed by atoms with Crippen molar-refractivity contribution in [3.05, 3.63) is 71.2 Å². The van der Waals surface area contributed by atoms with E-state index in [1.807, 2.05) is 12.3 Å². The van der Waals surface area contributed by atoms with Crippen LogP contribution in [-0.2, 0) is 0 Å². The number of carbonyl (C=O) groups excluding carboxylic acids is 1. The second-order valence-electron chi connectivity index (χ2n) is 6.57. The third kappa shape index (κ3) is 4.13. The van der Waals surface area contributed by atoms with Gasteiger partial charge in [0.25, 0.3) is 5.91 Å². The zero-order valence-corrected chi connectivity index (χ0v) is 17.9. The average molecular weight is 438 g/mol. The first-order valence-corrected chi connectivity index (χ1v) is 10.2. The van der Waals surface area contributed by atoms with E-state index in [1.54, 1.807) is 48.2 Å². The minimum Gasteiger partial charge on any atom is -0.497 e. The van der Waals surface area contributed by atoms with Gasteiger partial charge < -0.3 is 14.8 Å². The van der Waals surface area contributed by atoms with Gasteiger partial charge >= 0.3 is 0 Å². The molecular formula is C22H19FN4O3S. The summed E-state index contributed by atoms with van der Waals surface area (Å²) in [4.78, 5) is 21.9. The molecule has 0 saturated heterocycles. The number of carbonyl (C=O) groups is 1. The van der Waals surface area contributed by atoms with Gasteiger partial charge in [0, 0.05) is 17.0 Å². The molecule has 2 heterocycles. The van der Waals surface area contributed by atoms with Gasteiger partial charge in [-0.1, -0.05) is 0 Å². The van der Waals surface area contributed by atoms with Gasteiger partial charge in [0.2, 0.25) is 0 Å². The average Bonchev–Trinajstić information content (AvgIpc) is 3.40. The fourth-order valence-corrected chi connectivity index (χ4v) is 3.96. The van der Waals surface area contributed by atoms with E-state index in [2.05, 4.69) is 15.3 Å². The summed E-state index contributed by atoms with van der Waals surface area (Å²) < 4.78 is 25.5. The number of amides is 1. The number of nitrogens with zero attached hydrogens (tertiary/aromatic N) is 3. The fourth-order valence-electron chi connectivity index (χ4n) is 3.06. The first-order valence-electron chi connectivity index (χ1n) is 9.29. The lowest BCUT2D eigenvalue weighted by atomic mass is 10.1. The molecule has 9 heteroatoms. The molecule has 0 aliphatic rings. The van der Waals surface area contributed by atoms with Crippen LogP contribution < -0.4 is 14.8 Å². The largest absolute Gasteiger partial charge is 0.497 e. The highest BCUT2D eigenvalue weighted by atomic mass is 32.1. The lowest BCUT2D eigenvalue weighted by Crippen LogP contribution is -2.16. The van der Waals surface area contributed by atoms with Gasteiger partial charge in [0.1, 0.15) is 29.0 Å². The van der Waals surface area contributed by atoms with Gasteiger partial charge in [0.15, 0.2) is 5.13 Å². The van der Waals surface area contributed by atoms with Crippen LogP contribution in [0.3, 0.4) is 0 Å². The predicted molar refractivity (Wildman–Crippen MR) is 117 cm³/mol. The molecule has 7 nitrogen and oxygen atoms in total. The Morgan fingerprint density at radius 2 is 1.90 bits per heavy atom. The number of benzene rings is 2.